The summed E-state index contributed by atoms with van der Waals surface area (Å²) in [6.07, 6.45) is -5.87. The number of nitrogens with two attached hydrogens (primary N) is 1. The van der Waals surface area contributed by atoms with E-state index in [1.807, 2.05) is 0 Å². The van der Waals surface area contributed by atoms with E-state index < -0.39 is 48.5 Å². The maximum Gasteiger partial charge on any atom is 0.493 e. The molecule has 0 spiro atoms. The molecule has 0 bridgehead atoms. The zero-order valence-electron chi connectivity index (χ0n) is 19.7. The third-order valence-electron chi connectivity index (χ3n) is 5.75. The fourth-order valence-electron chi connectivity index (χ4n) is 3.93. The molecule has 0 saturated carbocycles. The lowest BCUT2D eigenvalue weighted by Gasteiger charge is -2.29. The van der Waals surface area contributed by atoms with Crippen molar-refractivity contribution in [3.8, 4) is 10.4 Å². The first-order valence-electron chi connectivity index (χ1n) is 11.1. The molecule has 0 saturated heterocycles. The molecule has 38 heavy (non-hydrogen) atoms. The highest BCUT2D eigenvalue weighted by Crippen LogP contribution is 2.38. The fourth-order valence-corrected chi connectivity index (χ4v) is 4.93. The van der Waals surface area contributed by atoms with Crippen LogP contribution >= 0.6 is 11.3 Å². The van der Waals surface area contributed by atoms with E-state index in [4.69, 9.17) is 5.73 Å². The number of fused-ring (bicyclic) bond motifs is 1. The van der Waals surface area contributed by atoms with Crippen LogP contribution in [0.2, 0.25) is 0 Å². The Morgan fingerprint density at radius 1 is 1.18 bits per heavy atom. The maximum absolute atomic E-state index is 12.9. The lowest BCUT2D eigenvalue weighted by Crippen LogP contribution is -2.41. The normalized spacial score (nSPS) is 13.4. The average molecular weight is 558 g/mol. The number of halogens is 5. The molecule has 9 nitrogen and oxygen atoms in total. The summed E-state index contributed by atoms with van der Waals surface area (Å²) in [5.41, 5.74) is 6.08. The molecule has 0 aliphatic carbocycles. The third-order valence-corrected chi connectivity index (χ3v) is 6.87. The molecule has 1 aliphatic rings. The number of aromatic nitrogens is 3. The van der Waals surface area contributed by atoms with Crippen molar-refractivity contribution in [2.75, 3.05) is 11.6 Å². The molecule has 3 heterocycles. The van der Waals surface area contributed by atoms with E-state index in [2.05, 4.69) is 9.94 Å². The number of hydrogen-bond donors (Lipinski definition) is 1. The second kappa shape index (κ2) is 10.5. The molecule has 0 fully saturated rings. The van der Waals surface area contributed by atoms with E-state index in [9.17, 15) is 36.3 Å². The predicted octanol–water partition coefficient (Wildman–Crippen LogP) is 3.54. The number of carbonyl (C=O) groups is 2. The highest BCUT2D eigenvalue weighted by Gasteiger charge is 2.44. The second-order valence-corrected chi connectivity index (χ2v) is 9.57. The number of thiophene rings is 1. The van der Waals surface area contributed by atoms with Gasteiger partial charge in [0.1, 0.15) is 6.33 Å². The monoisotopic (exact) mass is 557 g/mol. The Bertz CT molecular complexity index is 1490. The summed E-state index contributed by atoms with van der Waals surface area (Å²) < 4.78 is 66.0. The number of hydrogen-bond acceptors (Lipinski definition) is 7. The number of carbonyl (C=O) groups excluding carboxylic acids is 2. The fraction of sp³-hybridized carbons (Fsp3) is 0.304. The van der Waals surface area contributed by atoms with Crippen LogP contribution in [0.25, 0.3) is 10.4 Å². The SMILES string of the molecule is Cc1cc(-c2ccc(Cn3cnn(CC(CN)=C(F)F)c3=O)s2)cc2c1N(OC(=O)C(F)(F)F)C(=O)CC2. The Morgan fingerprint density at radius 3 is 2.58 bits per heavy atom. The summed E-state index contributed by atoms with van der Waals surface area (Å²) in [6, 6.07) is 6.92. The largest absolute Gasteiger partial charge is 0.493 e. The van der Waals surface area contributed by atoms with Crippen LogP contribution in [0.3, 0.4) is 0 Å². The molecule has 15 heteroatoms. The molecular weight excluding hydrogens is 537 g/mol. The Labute approximate surface area is 215 Å². The van der Waals surface area contributed by atoms with Gasteiger partial charge in [-0.3, -0.25) is 9.36 Å². The summed E-state index contributed by atoms with van der Waals surface area (Å²) in [7, 11) is 0. The minimum Gasteiger partial charge on any atom is -0.327 e. The summed E-state index contributed by atoms with van der Waals surface area (Å²) in [4.78, 5) is 42.0. The van der Waals surface area contributed by atoms with Gasteiger partial charge in [0, 0.05) is 28.3 Å². The second-order valence-electron chi connectivity index (χ2n) is 8.40. The van der Waals surface area contributed by atoms with Crippen molar-refractivity contribution in [1.29, 1.82) is 0 Å². The zero-order chi connectivity index (χ0) is 27.8. The number of alkyl halides is 3. The topological polar surface area (TPSA) is 112 Å². The number of rotatable bonds is 7. The van der Waals surface area contributed by atoms with Gasteiger partial charge in [0.25, 0.3) is 12.0 Å². The van der Waals surface area contributed by atoms with E-state index in [-0.39, 0.29) is 25.1 Å². The van der Waals surface area contributed by atoms with Crippen LogP contribution in [0.5, 0.6) is 0 Å². The van der Waals surface area contributed by atoms with E-state index in [1.54, 1.807) is 31.2 Å². The van der Waals surface area contributed by atoms with Crippen LogP contribution in [0.4, 0.5) is 27.6 Å². The van der Waals surface area contributed by atoms with Gasteiger partial charge in [0.05, 0.1) is 18.8 Å². The Kier molecular flexibility index (Phi) is 7.51. The van der Waals surface area contributed by atoms with E-state index >= 15 is 0 Å². The summed E-state index contributed by atoms with van der Waals surface area (Å²) in [5, 5.41) is 4.27. The van der Waals surface area contributed by atoms with Crippen molar-refractivity contribution in [3.05, 3.63) is 68.7 Å². The lowest BCUT2D eigenvalue weighted by molar-refractivity contribution is -0.201. The van der Waals surface area contributed by atoms with Crippen molar-refractivity contribution in [2.24, 2.45) is 5.73 Å². The summed E-state index contributed by atoms with van der Waals surface area (Å²) in [6.45, 7) is 0.879. The lowest BCUT2D eigenvalue weighted by atomic mass is 9.96. The molecule has 1 aliphatic heterocycles. The smallest absolute Gasteiger partial charge is 0.327 e. The van der Waals surface area contributed by atoms with Gasteiger partial charge < -0.3 is 10.6 Å². The van der Waals surface area contributed by atoms with Gasteiger partial charge in [0.15, 0.2) is 0 Å². The molecule has 1 aromatic carbocycles. The zero-order valence-corrected chi connectivity index (χ0v) is 20.5. The molecule has 2 aromatic heterocycles. The molecule has 4 rings (SSSR count). The standard InChI is InChI=1S/C23H20F5N5O4S/c1-12-6-14(7-13-2-5-18(34)33(19(12)13)37-21(35)23(26,27)28)17-4-3-16(38-17)10-31-11-30-32(22(31)36)9-15(8-29)20(24)25/h3-4,6-7,11H,2,5,8-10,29H2,1H3. The van der Waals surface area contributed by atoms with Gasteiger partial charge in [0.2, 0.25) is 0 Å². The van der Waals surface area contributed by atoms with Gasteiger partial charge in [-0.25, -0.2) is 14.3 Å². The van der Waals surface area contributed by atoms with Crippen LogP contribution in [0.15, 0.2) is 47.0 Å². The van der Waals surface area contributed by atoms with E-state index in [1.165, 1.54) is 22.2 Å². The average Bonchev–Trinajstić information content (AvgIpc) is 3.45. The quantitative estimate of drug-likeness (QED) is 0.445. The molecule has 202 valence electrons. The van der Waals surface area contributed by atoms with Gasteiger partial charge >= 0.3 is 17.8 Å². The molecule has 2 N–H and O–H groups in total. The van der Waals surface area contributed by atoms with Gasteiger partial charge in [-0.05, 0) is 54.3 Å². The van der Waals surface area contributed by atoms with Crippen molar-refractivity contribution >= 4 is 28.9 Å². The number of anilines is 1. The number of amides is 1. The minimum atomic E-state index is -5.26. The van der Waals surface area contributed by atoms with Gasteiger partial charge in [-0.1, -0.05) is 0 Å². The van der Waals surface area contributed by atoms with Crippen molar-refractivity contribution < 1.29 is 36.4 Å². The van der Waals surface area contributed by atoms with Crippen LogP contribution in [0.1, 0.15) is 22.4 Å². The molecule has 0 atom stereocenters. The Balaban J connectivity index is 1.56. The first kappa shape index (κ1) is 27.2. The number of hydroxylamine groups is 1. The Hall–Kier alpha value is -3.85. The van der Waals surface area contributed by atoms with Crippen molar-refractivity contribution in [2.45, 2.75) is 39.0 Å². The first-order chi connectivity index (χ1) is 17.9. The third kappa shape index (κ3) is 5.52. The summed E-state index contributed by atoms with van der Waals surface area (Å²) >= 11 is 1.34. The highest BCUT2D eigenvalue weighted by molar-refractivity contribution is 7.15. The van der Waals surface area contributed by atoms with Crippen LogP contribution in [0, 0.1) is 6.92 Å². The maximum atomic E-state index is 12.9. The minimum absolute atomic E-state index is 0.0916. The van der Waals surface area contributed by atoms with Crippen LogP contribution in [-0.4, -0.2) is 38.9 Å². The van der Waals surface area contributed by atoms with Gasteiger partial charge in [-0.15, -0.1) is 16.4 Å². The molecule has 1 amide bonds. The van der Waals surface area contributed by atoms with Crippen LogP contribution < -0.4 is 16.5 Å². The van der Waals surface area contributed by atoms with Crippen LogP contribution in [-0.2, 0) is 33.9 Å². The Morgan fingerprint density at radius 2 is 1.92 bits per heavy atom. The number of aryl methyl sites for hydroxylation is 2. The highest BCUT2D eigenvalue weighted by atomic mass is 32.1. The van der Waals surface area contributed by atoms with Crippen molar-refractivity contribution in [1.82, 2.24) is 14.3 Å². The first-order valence-corrected chi connectivity index (χ1v) is 11.9. The summed E-state index contributed by atoms with van der Waals surface area (Å²) in [5.74, 6) is -3.26. The molecule has 0 unspecified atom stereocenters. The van der Waals surface area contributed by atoms with Gasteiger partial charge in [-0.2, -0.15) is 27.1 Å². The molecule has 0 radical (unpaired) electrons. The predicted molar refractivity (Wildman–Crippen MR) is 126 cm³/mol. The van der Waals surface area contributed by atoms with E-state index in [0.29, 0.717) is 21.8 Å². The van der Waals surface area contributed by atoms with E-state index in [0.717, 1.165) is 14.4 Å². The molecule has 3 aromatic rings. The number of benzene rings is 1. The van der Waals surface area contributed by atoms with Crippen molar-refractivity contribution in [3.63, 3.8) is 0 Å². The molecular formula is C23H20F5N5O4S. The number of nitrogens with zero attached hydrogens (tertiary/aromatic N) is 4.